The van der Waals surface area contributed by atoms with Crippen molar-refractivity contribution in [3.8, 4) is 5.75 Å². The van der Waals surface area contributed by atoms with Crippen LogP contribution in [0.15, 0.2) is 17.5 Å². The van der Waals surface area contributed by atoms with Gasteiger partial charge in [0.15, 0.2) is 6.29 Å². The SMILES string of the molecule is O=Cc1c(O)cc2sccc2c1CCl. The number of carbonyl (C=O) groups is 1. The van der Waals surface area contributed by atoms with Gasteiger partial charge in [-0.25, -0.2) is 0 Å². The van der Waals surface area contributed by atoms with E-state index in [0.717, 1.165) is 10.1 Å². The van der Waals surface area contributed by atoms with Crippen LogP contribution in [0, 0.1) is 0 Å². The van der Waals surface area contributed by atoms with E-state index in [0.29, 0.717) is 17.4 Å². The molecule has 14 heavy (non-hydrogen) atoms. The van der Waals surface area contributed by atoms with Gasteiger partial charge in [-0.1, -0.05) is 0 Å². The van der Waals surface area contributed by atoms with Crippen LogP contribution in [0.3, 0.4) is 0 Å². The minimum atomic E-state index is 0.00519. The van der Waals surface area contributed by atoms with Crippen molar-refractivity contribution in [2.75, 3.05) is 0 Å². The van der Waals surface area contributed by atoms with Crippen LogP contribution < -0.4 is 0 Å². The quantitative estimate of drug-likeness (QED) is 0.631. The lowest BCUT2D eigenvalue weighted by molar-refractivity contribution is 0.112. The first-order chi connectivity index (χ1) is 6.77. The Labute approximate surface area is 89.7 Å². The van der Waals surface area contributed by atoms with Gasteiger partial charge < -0.3 is 5.11 Å². The van der Waals surface area contributed by atoms with Crippen molar-refractivity contribution in [3.63, 3.8) is 0 Å². The highest BCUT2D eigenvalue weighted by Crippen LogP contribution is 2.33. The maximum Gasteiger partial charge on any atom is 0.154 e. The molecule has 0 saturated carbocycles. The molecule has 4 heteroatoms. The molecule has 0 unspecified atom stereocenters. The zero-order valence-electron chi connectivity index (χ0n) is 7.16. The number of halogens is 1. The number of carbonyl (C=O) groups excluding carboxylic acids is 1. The average molecular weight is 227 g/mol. The summed E-state index contributed by atoms with van der Waals surface area (Å²) >= 11 is 7.27. The van der Waals surface area contributed by atoms with E-state index in [1.165, 1.54) is 11.3 Å². The van der Waals surface area contributed by atoms with E-state index in [1.54, 1.807) is 6.07 Å². The molecular weight excluding hydrogens is 220 g/mol. The molecule has 2 nitrogen and oxygen atoms in total. The first-order valence-corrected chi connectivity index (χ1v) is 5.42. The minimum Gasteiger partial charge on any atom is -0.507 e. The molecule has 0 spiro atoms. The number of hydrogen-bond donors (Lipinski definition) is 1. The Bertz CT molecular complexity index is 490. The molecule has 1 N–H and O–H groups in total. The first kappa shape index (κ1) is 9.49. The molecule has 1 heterocycles. The summed E-state index contributed by atoms with van der Waals surface area (Å²) in [6.45, 7) is 0. The van der Waals surface area contributed by atoms with E-state index in [9.17, 15) is 9.90 Å². The van der Waals surface area contributed by atoms with Crippen LogP contribution in [0.25, 0.3) is 10.1 Å². The minimum absolute atomic E-state index is 0.00519. The summed E-state index contributed by atoms with van der Waals surface area (Å²) in [6, 6.07) is 3.50. The maximum absolute atomic E-state index is 10.8. The lowest BCUT2D eigenvalue weighted by Crippen LogP contribution is -1.90. The largest absolute Gasteiger partial charge is 0.507 e. The second-order valence-corrected chi connectivity index (χ2v) is 4.09. The lowest BCUT2D eigenvalue weighted by Gasteiger charge is -2.05. The maximum atomic E-state index is 10.8. The van der Waals surface area contributed by atoms with Gasteiger partial charge in [-0.3, -0.25) is 4.79 Å². The number of thiophene rings is 1. The number of alkyl halides is 1. The number of phenolic OH excluding ortho intramolecular Hbond substituents is 1. The van der Waals surface area contributed by atoms with Gasteiger partial charge in [0.25, 0.3) is 0 Å². The Kier molecular flexibility index (Phi) is 2.44. The predicted molar refractivity (Wildman–Crippen MR) is 58.4 cm³/mol. The Morgan fingerprint density at radius 2 is 2.36 bits per heavy atom. The van der Waals surface area contributed by atoms with Gasteiger partial charge in [0, 0.05) is 10.6 Å². The van der Waals surface area contributed by atoms with Gasteiger partial charge in [0.1, 0.15) is 5.75 Å². The van der Waals surface area contributed by atoms with Gasteiger partial charge in [-0.05, 0) is 28.5 Å². The fourth-order valence-electron chi connectivity index (χ4n) is 1.46. The summed E-state index contributed by atoms with van der Waals surface area (Å²) in [4.78, 5) is 10.8. The third kappa shape index (κ3) is 1.29. The van der Waals surface area contributed by atoms with E-state index >= 15 is 0 Å². The number of fused-ring (bicyclic) bond motifs is 1. The molecule has 0 fully saturated rings. The van der Waals surface area contributed by atoms with Crippen LogP contribution in [0.1, 0.15) is 15.9 Å². The normalized spacial score (nSPS) is 10.6. The van der Waals surface area contributed by atoms with Crippen molar-refractivity contribution in [1.29, 1.82) is 0 Å². The van der Waals surface area contributed by atoms with Crippen molar-refractivity contribution in [1.82, 2.24) is 0 Å². The van der Waals surface area contributed by atoms with Crippen molar-refractivity contribution in [3.05, 3.63) is 28.6 Å². The average Bonchev–Trinajstić information content (AvgIpc) is 2.62. The number of hydrogen-bond acceptors (Lipinski definition) is 3. The topological polar surface area (TPSA) is 37.3 Å². The lowest BCUT2D eigenvalue weighted by atomic mass is 10.0. The van der Waals surface area contributed by atoms with Gasteiger partial charge in [-0.2, -0.15) is 0 Å². The summed E-state index contributed by atoms with van der Waals surface area (Å²) in [7, 11) is 0. The third-order valence-corrected chi connectivity index (χ3v) is 3.27. The summed E-state index contributed by atoms with van der Waals surface area (Å²) in [5.74, 6) is 0.237. The summed E-state index contributed by atoms with van der Waals surface area (Å²) in [6.07, 6.45) is 0.643. The van der Waals surface area contributed by atoms with Crippen LogP contribution in [-0.4, -0.2) is 11.4 Å². The molecule has 0 atom stereocenters. The van der Waals surface area contributed by atoms with E-state index in [2.05, 4.69) is 0 Å². The molecule has 0 saturated heterocycles. The molecule has 1 aromatic heterocycles. The molecule has 72 valence electrons. The molecule has 0 aliphatic rings. The zero-order valence-corrected chi connectivity index (χ0v) is 8.73. The van der Waals surface area contributed by atoms with Gasteiger partial charge in [0.05, 0.1) is 5.56 Å². The molecule has 2 aromatic rings. The fourth-order valence-corrected chi connectivity index (χ4v) is 2.60. The van der Waals surface area contributed by atoms with E-state index in [1.807, 2.05) is 11.4 Å². The molecule has 0 radical (unpaired) electrons. The second-order valence-electron chi connectivity index (χ2n) is 2.87. The van der Waals surface area contributed by atoms with Gasteiger partial charge in [0.2, 0.25) is 0 Å². The third-order valence-electron chi connectivity index (χ3n) is 2.14. The molecule has 0 aliphatic heterocycles. The van der Waals surface area contributed by atoms with Crippen molar-refractivity contribution < 1.29 is 9.90 Å². The number of aromatic hydroxyl groups is 1. The molecule has 1 aromatic carbocycles. The van der Waals surface area contributed by atoms with Crippen LogP contribution >= 0.6 is 22.9 Å². The highest BCUT2D eigenvalue weighted by molar-refractivity contribution is 7.17. The van der Waals surface area contributed by atoms with E-state index < -0.39 is 0 Å². The Hall–Kier alpha value is -1.06. The van der Waals surface area contributed by atoms with Gasteiger partial charge in [-0.15, -0.1) is 22.9 Å². The molecular formula is C10H7ClO2S. The van der Waals surface area contributed by atoms with Crippen LogP contribution in [0.5, 0.6) is 5.75 Å². The Morgan fingerprint density at radius 1 is 1.57 bits per heavy atom. The van der Waals surface area contributed by atoms with E-state index in [-0.39, 0.29) is 11.6 Å². The standard InChI is InChI=1S/C10H7ClO2S/c11-4-7-6-1-2-14-10(6)3-9(13)8(7)5-12/h1-3,5,13H,4H2. The summed E-state index contributed by atoms with van der Waals surface area (Å²) in [5, 5.41) is 12.4. The summed E-state index contributed by atoms with van der Waals surface area (Å²) < 4.78 is 0.948. The Morgan fingerprint density at radius 3 is 3.00 bits per heavy atom. The molecule has 0 aliphatic carbocycles. The van der Waals surface area contributed by atoms with Crippen molar-refractivity contribution >= 4 is 39.3 Å². The Balaban J connectivity index is 2.88. The zero-order chi connectivity index (χ0) is 10.1. The first-order valence-electron chi connectivity index (χ1n) is 4.01. The number of aldehydes is 1. The molecule has 0 bridgehead atoms. The fraction of sp³-hybridized carbons (Fsp3) is 0.100. The number of rotatable bonds is 2. The monoisotopic (exact) mass is 226 g/mol. The number of benzene rings is 1. The summed E-state index contributed by atoms with van der Waals surface area (Å²) in [5.41, 5.74) is 1.00. The van der Waals surface area contributed by atoms with Crippen molar-refractivity contribution in [2.45, 2.75) is 5.88 Å². The van der Waals surface area contributed by atoms with Crippen molar-refractivity contribution in [2.24, 2.45) is 0 Å². The molecule has 0 amide bonds. The number of phenols is 1. The van der Waals surface area contributed by atoms with Crippen LogP contribution in [0.2, 0.25) is 0 Å². The van der Waals surface area contributed by atoms with Crippen LogP contribution in [0.4, 0.5) is 0 Å². The molecule has 2 rings (SSSR count). The highest BCUT2D eigenvalue weighted by atomic mass is 35.5. The van der Waals surface area contributed by atoms with Gasteiger partial charge >= 0.3 is 0 Å². The highest BCUT2D eigenvalue weighted by Gasteiger charge is 2.12. The smallest absolute Gasteiger partial charge is 0.154 e. The predicted octanol–water partition coefficient (Wildman–Crippen LogP) is 3.16. The van der Waals surface area contributed by atoms with E-state index in [4.69, 9.17) is 11.6 Å². The second kappa shape index (κ2) is 3.59. The van der Waals surface area contributed by atoms with Crippen LogP contribution in [-0.2, 0) is 5.88 Å².